The summed E-state index contributed by atoms with van der Waals surface area (Å²) < 4.78 is 17.7. The van der Waals surface area contributed by atoms with Crippen LogP contribution in [-0.2, 0) is 18.4 Å². The van der Waals surface area contributed by atoms with Crippen LogP contribution in [0.3, 0.4) is 0 Å². The van der Waals surface area contributed by atoms with E-state index in [1.165, 1.54) is 0 Å². The number of furan rings is 1. The van der Waals surface area contributed by atoms with Crippen LogP contribution in [0.5, 0.6) is 0 Å². The monoisotopic (exact) mass is 322 g/mol. The minimum Gasteiger partial charge on any atom is -0.461 e. The van der Waals surface area contributed by atoms with Crippen molar-refractivity contribution < 1.29 is 18.5 Å². The fourth-order valence-electron chi connectivity index (χ4n) is 2.64. The van der Waals surface area contributed by atoms with Gasteiger partial charge in [0.15, 0.2) is 5.76 Å². The SMILES string of the molecule is Cn1cc(C(=O)OCc2cc(-c3ccco3)on2)c2ccccc21. The molecule has 0 radical (unpaired) electrons. The summed E-state index contributed by atoms with van der Waals surface area (Å²) in [5, 5.41) is 4.75. The molecule has 3 heterocycles. The van der Waals surface area contributed by atoms with Crippen LogP contribution in [0.1, 0.15) is 16.1 Å². The Balaban J connectivity index is 1.50. The van der Waals surface area contributed by atoms with E-state index in [1.54, 1.807) is 30.7 Å². The molecule has 0 spiro atoms. The maximum Gasteiger partial charge on any atom is 0.340 e. The van der Waals surface area contributed by atoms with Gasteiger partial charge < -0.3 is 18.2 Å². The van der Waals surface area contributed by atoms with Gasteiger partial charge in [0, 0.05) is 30.2 Å². The van der Waals surface area contributed by atoms with Crippen molar-refractivity contribution in [1.29, 1.82) is 0 Å². The quantitative estimate of drug-likeness (QED) is 0.535. The summed E-state index contributed by atoms with van der Waals surface area (Å²) in [5.41, 5.74) is 2.03. The standard InChI is InChI=1S/C18H14N2O4/c1-20-10-14(13-5-2-3-6-15(13)20)18(21)23-11-12-9-17(24-19-12)16-7-4-8-22-16/h2-10H,11H2,1H3. The van der Waals surface area contributed by atoms with E-state index in [4.69, 9.17) is 13.7 Å². The molecular formula is C18H14N2O4. The Morgan fingerprint density at radius 3 is 2.92 bits per heavy atom. The highest BCUT2D eigenvalue weighted by Gasteiger charge is 2.16. The van der Waals surface area contributed by atoms with Crippen LogP contribution >= 0.6 is 0 Å². The van der Waals surface area contributed by atoms with Crippen molar-refractivity contribution in [2.45, 2.75) is 6.61 Å². The molecule has 3 aromatic heterocycles. The van der Waals surface area contributed by atoms with Gasteiger partial charge in [0.05, 0.1) is 11.8 Å². The molecule has 24 heavy (non-hydrogen) atoms. The number of nitrogens with zero attached hydrogens (tertiary/aromatic N) is 2. The summed E-state index contributed by atoms with van der Waals surface area (Å²) in [7, 11) is 1.90. The minimum atomic E-state index is -0.394. The smallest absolute Gasteiger partial charge is 0.340 e. The fourth-order valence-corrected chi connectivity index (χ4v) is 2.64. The molecule has 0 atom stereocenters. The molecule has 0 fully saturated rings. The molecule has 0 bridgehead atoms. The third kappa shape index (κ3) is 2.48. The lowest BCUT2D eigenvalue weighted by atomic mass is 10.2. The van der Waals surface area contributed by atoms with Gasteiger partial charge in [-0.05, 0) is 18.2 Å². The molecule has 0 saturated heterocycles. The van der Waals surface area contributed by atoms with Crippen LogP contribution in [-0.4, -0.2) is 15.7 Å². The Morgan fingerprint density at radius 2 is 2.08 bits per heavy atom. The highest BCUT2D eigenvalue weighted by Crippen LogP contribution is 2.23. The largest absolute Gasteiger partial charge is 0.461 e. The summed E-state index contributed by atoms with van der Waals surface area (Å²) in [6.45, 7) is 0.0340. The first-order valence-corrected chi connectivity index (χ1v) is 7.43. The first-order valence-electron chi connectivity index (χ1n) is 7.43. The van der Waals surface area contributed by atoms with Crippen LogP contribution in [0.25, 0.3) is 22.4 Å². The molecule has 0 amide bonds. The molecule has 120 valence electrons. The summed E-state index contributed by atoms with van der Waals surface area (Å²) in [6, 6.07) is 12.9. The molecule has 0 aliphatic heterocycles. The number of benzene rings is 1. The van der Waals surface area contributed by atoms with E-state index < -0.39 is 5.97 Å². The summed E-state index contributed by atoms with van der Waals surface area (Å²) in [6.07, 6.45) is 3.32. The summed E-state index contributed by atoms with van der Waals surface area (Å²) in [4.78, 5) is 12.4. The fraction of sp³-hybridized carbons (Fsp3) is 0.111. The number of carbonyl (C=O) groups is 1. The van der Waals surface area contributed by atoms with Gasteiger partial charge in [-0.1, -0.05) is 23.4 Å². The topological polar surface area (TPSA) is 70.4 Å². The molecule has 0 aliphatic carbocycles. The molecule has 0 saturated carbocycles. The van der Waals surface area contributed by atoms with E-state index in [0.717, 1.165) is 10.9 Å². The third-order valence-electron chi connectivity index (χ3n) is 3.79. The van der Waals surface area contributed by atoms with E-state index in [1.807, 2.05) is 35.9 Å². The second-order valence-corrected chi connectivity index (χ2v) is 5.41. The average Bonchev–Trinajstić information content (AvgIpc) is 3.33. The van der Waals surface area contributed by atoms with Crippen molar-refractivity contribution in [3.8, 4) is 11.5 Å². The van der Waals surface area contributed by atoms with Gasteiger partial charge in [-0.3, -0.25) is 0 Å². The number of aromatic nitrogens is 2. The number of carbonyl (C=O) groups excluding carboxylic acids is 1. The Morgan fingerprint density at radius 1 is 1.21 bits per heavy atom. The summed E-state index contributed by atoms with van der Waals surface area (Å²) >= 11 is 0. The van der Waals surface area contributed by atoms with E-state index in [0.29, 0.717) is 22.8 Å². The van der Waals surface area contributed by atoms with Crippen LogP contribution in [0, 0.1) is 0 Å². The van der Waals surface area contributed by atoms with E-state index in [9.17, 15) is 4.79 Å². The molecule has 4 rings (SSSR count). The zero-order chi connectivity index (χ0) is 16.5. The Hall–Kier alpha value is -3.28. The predicted molar refractivity (Wildman–Crippen MR) is 86.2 cm³/mol. The van der Waals surface area contributed by atoms with Gasteiger partial charge in [0.1, 0.15) is 12.3 Å². The minimum absolute atomic E-state index is 0.0340. The molecule has 1 aromatic carbocycles. The second-order valence-electron chi connectivity index (χ2n) is 5.41. The van der Waals surface area contributed by atoms with Crippen molar-refractivity contribution in [1.82, 2.24) is 9.72 Å². The molecule has 4 aromatic rings. The lowest BCUT2D eigenvalue weighted by Gasteiger charge is -2.00. The lowest BCUT2D eigenvalue weighted by molar-refractivity contribution is 0.0466. The third-order valence-corrected chi connectivity index (χ3v) is 3.79. The first kappa shape index (κ1) is 14.3. The maximum atomic E-state index is 12.4. The Kier molecular flexibility index (Phi) is 3.42. The zero-order valence-corrected chi connectivity index (χ0v) is 12.9. The van der Waals surface area contributed by atoms with Crippen molar-refractivity contribution in [3.63, 3.8) is 0 Å². The number of hydrogen-bond donors (Lipinski definition) is 0. The molecule has 0 unspecified atom stereocenters. The lowest BCUT2D eigenvalue weighted by Crippen LogP contribution is -2.04. The van der Waals surface area contributed by atoms with Crippen molar-refractivity contribution >= 4 is 16.9 Å². The second kappa shape index (κ2) is 5.73. The van der Waals surface area contributed by atoms with E-state index in [-0.39, 0.29) is 6.61 Å². The molecule has 0 N–H and O–H groups in total. The number of esters is 1. The predicted octanol–water partition coefficient (Wildman–Crippen LogP) is 3.78. The molecule has 6 nitrogen and oxygen atoms in total. The zero-order valence-electron chi connectivity index (χ0n) is 12.9. The number of hydrogen-bond acceptors (Lipinski definition) is 5. The Bertz CT molecular complexity index is 995. The van der Waals surface area contributed by atoms with Crippen molar-refractivity contribution in [2.75, 3.05) is 0 Å². The van der Waals surface area contributed by atoms with Crippen molar-refractivity contribution in [3.05, 3.63) is 66.2 Å². The van der Waals surface area contributed by atoms with Gasteiger partial charge in [-0.25, -0.2) is 4.79 Å². The van der Waals surface area contributed by atoms with Gasteiger partial charge in [0.2, 0.25) is 5.76 Å². The van der Waals surface area contributed by atoms with Crippen LogP contribution in [0.15, 0.2) is 63.9 Å². The highest BCUT2D eigenvalue weighted by atomic mass is 16.5. The number of fused-ring (bicyclic) bond motifs is 1. The van der Waals surface area contributed by atoms with E-state index >= 15 is 0 Å². The van der Waals surface area contributed by atoms with Gasteiger partial charge in [-0.15, -0.1) is 0 Å². The van der Waals surface area contributed by atoms with Crippen LogP contribution in [0.4, 0.5) is 0 Å². The molecule has 0 aliphatic rings. The highest BCUT2D eigenvalue weighted by molar-refractivity contribution is 6.04. The van der Waals surface area contributed by atoms with Crippen molar-refractivity contribution in [2.24, 2.45) is 7.05 Å². The Labute approximate surface area is 137 Å². The number of rotatable bonds is 4. The number of aryl methyl sites for hydroxylation is 1. The molecular weight excluding hydrogens is 308 g/mol. The van der Waals surface area contributed by atoms with Crippen LogP contribution < -0.4 is 0 Å². The average molecular weight is 322 g/mol. The van der Waals surface area contributed by atoms with Crippen LogP contribution in [0.2, 0.25) is 0 Å². The number of para-hydroxylation sites is 1. The van der Waals surface area contributed by atoms with Gasteiger partial charge in [-0.2, -0.15) is 0 Å². The number of ether oxygens (including phenoxy) is 1. The first-order chi connectivity index (χ1) is 11.7. The maximum absolute atomic E-state index is 12.4. The molecule has 6 heteroatoms. The summed E-state index contributed by atoms with van der Waals surface area (Å²) in [5.74, 6) is 0.680. The van der Waals surface area contributed by atoms with Gasteiger partial charge >= 0.3 is 5.97 Å². The van der Waals surface area contributed by atoms with Gasteiger partial charge in [0.25, 0.3) is 0 Å². The normalized spacial score (nSPS) is 11.0. The van der Waals surface area contributed by atoms with E-state index in [2.05, 4.69) is 5.16 Å².